The van der Waals surface area contributed by atoms with Crippen molar-refractivity contribution in [2.45, 2.75) is 31.2 Å². The number of fused-ring (bicyclic) bond motifs is 1. The van der Waals surface area contributed by atoms with E-state index in [1.165, 1.54) is 12.1 Å². The third-order valence-corrected chi connectivity index (χ3v) is 5.48. The van der Waals surface area contributed by atoms with Gasteiger partial charge in [-0.3, -0.25) is 4.28 Å². The van der Waals surface area contributed by atoms with Gasteiger partial charge in [0.15, 0.2) is 0 Å². The van der Waals surface area contributed by atoms with Gasteiger partial charge in [-0.25, -0.2) is 0 Å². The van der Waals surface area contributed by atoms with Crippen LogP contribution < -0.4 is 4.74 Å². The van der Waals surface area contributed by atoms with Gasteiger partial charge in [0.25, 0.3) is 0 Å². The average Bonchev–Trinajstić information content (AvgIpc) is 2.92. The van der Waals surface area contributed by atoms with Crippen LogP contribution in [0, 0.1) is 13.8 Å². The van der Waals surface area contributed by atoms with Crippen molar-refractivity contribution in [2.75, 3.05) is 0 Å². The predicted octanol–water partition coefficient (Wildman–Crippen LogP) is 4.40. The number of halogens is 1. The molecule has 1 heterocycles. The van der Waals surface area contributed by atoms with Crippen LogP contribution in [0.5, 0.6) is 5.75 Å². The monoisotopic (exact) mass is 391 g/mol. The Kier molecular flexibility index (Phi) is 5.07. The molecule has 1 atom stereocenters. The zero-order chi connectivity index (χ0) is 18.9. The molecule has 7 heteroatoms. The summed E-state index contributed by atoms with van der Waals surface area (Å²) >= 11 is 6.19. The average molecular weight is 392 g/mol. The van der Waals surface area contributed by atoms with Gasteiger partial charge in [0.05, 0.1) is 5.56 Å². The lowest BCUT2D eigenvalue weighted by atomic mass is 9.99. The number of oxime groups is 1. The second kappa shape index (κ2) is 7.13. The summed E-state index contributed by atoms with van der Waals surface area (Å²) in [5.41, 5.74) is 2.77. The van der Waals surface area contributed by atoms with Crippen molar-refractivity contribution in [3.8, 4) is 5.75 Å². The normalized spacial score (nSPS) is 18.2. The number of rotatable bonds is 4. The number of allylic oxidation sites excluding steroid dienone is 1. The molecular formula is C19H18ClNO4S. The van der Waals surface area contributed by atoms with E-state index in [0.717, 1.165) is 16.7 Å². The zero-order valence-corrected chi connectivity index (χ0v) is 16.1. The Morgan fingerprint density at radius 1 is 1.15 bits per heavy atom. The van der Waals surface area contributed by atoms with Gasteiger partial charge in [-0.05, 0) is 50.1 Å². The van der Waals surface area contributed by atoms with Gasteiger partial charge >= 0.3 is 10.1 Å². The first-order chi connectivity index (χ1) is 12.3. The highest BCUT2D eigenvalue weighted by Gasteiger charge is 2.32. The van der Waals surface area contributed by atoms with E-state index < -0.39 is 15.7 Å². The molecular weight excluding hydrogens is 374 g/mol. The van der Waals surface area contributed by atoms with Crippen molar-refractivity contribution in [1.82, 2.24) is 0 Å². The summed E-state index contributed by atoms with van der Waals surface area (Å²) in [5.74, 6) is 0.547. The molecule has 0 spiro atoms. The van der Waals surface area contributed by atoms with Crippen LogP contribution in [0.4, 0.5) is 0 Å². The lowest BCUT2D eigenvalue weighted by Gasteiger charge is -2.07. The van der Waals surface area contributed by atoms with Crippen LogP contribution in [-0.2, 0) is 14.4 Å². The topological polar surface area (TPSA) is 65.0 Å². The molecule has 0 saturated heterocycles. The molecule has 0 aliphatic carbocycles. The molecule has 1 unspecified atom stereocenters. The number of alkyl halides is 1. The summed E-state index contributed by atoms with van der Waals surface area (Å²) in [7, 11) is -4.04. The van der Waals surface area contributed by atoms with Gasteiger partial charge in [0.2, 0.25) is 5.56 Å². The number of benzene rings is 2. The highest BCUT2D eigenvalue weighted by molar-refractivity contribution is 7.86. The summed E-state index contributed by atoms with van der Waals surface area (Å²) in [5, 5.41) is 3.83. The third kappa shape index (κ3) is 3.48. The number of nitrogens with zero attached hydrogens (tertiary/aromatic N) is 1. The fraction of sp³-hybridized carbons (Fsp3) is 0.211. The highest BCUT2D eigenvalue weighted by Crippen LogP contribution is 2.35. The minimum atomic E-state index is -4.04. The Balaban J connectivity index is 1.98. The Morgan fingerprint density at radius 3 is 2.50 bits per heavy atom. The second-order valence-corrected chi connectivity index (χ2v) is 7.83. The molecule has 0 radical (unpaired) electrons. The first kappa shape index (κ1) is 18.5. The minimum absolute atomic E-state index is 0.0251. The number of ether oxygens (including phenoxy) is 1. The zero-order valence-electron chi connectivity index (χ0n) is 14.6. The molecule has 3 rings (SSSR count). The molecule has 0 fully saturated rings. The molecule has 0 N–H and O–H groups in total. The van der Waals surface area contributed by atoms with Crippen LogP contribution >= 0.6 is 11.6 Å². The fourth-order valence-electron chi connectivity index (χ4n) is 2.68. The quantitative estimate of drug-likeness (QED) is 0.572. The van der Waals surface area contributed by atoms with Crippen molar-refractivity contribution in [2.24, 2.45) is 5.16 Å². The van der Waals surface area contributed by atoms with Crippen LogP contribution in [0.2, 0.25) is 0 Å². The van der Waals surface area contributed by atoms with E-state index in [9.17, 15) is 8.42 Å². The fourth-order valence-corrected chi connectivity index (χ4v) is 3.66. The largest absolute Gasteiger partial charge is 0.468 e. The molecule has 5 nitrogen and oxygen atoms in total. The molecule has 0 aromatic heterocycles. The molecule has 1 aliphatic heterocycles. The summed E-state index contributed by atoms with van der Waals surface area (Å²) in [4.78, 5) is 0.0251. The van der Waals surface area contributed by atoms with E-state index in [0.29, 0.717) is 11.3 Å². The van der Waals surface area contributed by atoms with Crippen molar-refractivity contribution in [1.29, 1.82) is 0 Å². The standard InChI is InChI=1S/C19H18ClNO4S/c1-4-5-14-8-11-16-17(13(14)3)18(19(20)24-16)21-25-26(22,23)15-9-6-12(2)7-10-15/h4-11,19H,1-3H3/b5-4-,21-18-. The van der Waals surface area contributed by atoms with Crippen LogP contribution in [0.3, 0.4) is 0 Å². The lowest BCUT2D eigenvalue weighted by Crippen LogP contribution is -2.16. The van der Waals surface area contributed by atoms with Crippen LogP contribution in [0.1, 0.15) is 29.2 Å². The smallest absolute Gasteiger partial charge is 0.358 e. The van der Waals surface area contributed by atoms with E-state index >= 15 is 0 Å². The van der Waals surface area contributed by atoms with Crippen molar-refractivity contribution < 1.29 is 17.4 Å². The Hall–Kier alpha value is -2.31. The summed E-state index contributed by atoms with van der Waals surface area (Å²) in [6, 6.07) is 10.0. The molecule has 136 valence electrons. The number of hydrogen-bond acceptors (Lipinski definition) is 5. The highest BCUT2D eigenvalue weighted by atomic mass is 35.5. The summed E-state index contributed by atoms with van der Waals surface area (Å²) < 4.78 is 35.2. The molecule has 0 amide bonds. The van der Waals surface area contributed by atoms with Crippen molar-refractivity contribution in [3.63, 3.8) is 0 Å². The molecule has 0 bridgehead atoms. The first-order valence-electron chi connectivity index (χ1n) is 7.99. The predicted molar refractivity (Wildman–Crippen MR) is 102 cm³/mol. The Labute approximate surface area is 158 Å². The summed E-state index contributed by atoms with van der Waals surface area (Å²) in [6.45, 7) is 5.68. The van der Waals surface area contributed by atoms with Crippen LogP contribution in [0.25, 0.3) is 6.08 Å². The maximum absolute atomic E-state index is 12.3. The van der Waals surface area contributed by atoms with Gasteiger partial charge in [-0.2, -0.15) is 8.42 Å². The summed E-state index contributed by atoms with van der Waals surface area (Å²) in [6.07, 6.45) is 3.86. The van der Waals surface area contributed by atoms with Crippen LogP contribution in [0.15, 0.2) is 52.5 Å². The number of hydrogen-bond donors (Lipinski definition) is 0. The van der Waals surface area contributed by atoms with Gasteiger partial charge in [-0.15, -0.1) is 0 Å². The first-order valence-corrected chi connectivity index (χ1v) is 9.83. The van der Waals surface area contributed by atoms with E-state index in [4.69, 9.17) is 20.6 Å². The van der Waals surface area contributed by atoms with Crippen LogP contribution in [-0.4, -0.2) is 19.7 Å². The molecule has 0 saturated carbocycles. The van der Waals surface area contributed by atoms with E-state index in [2.05, 4.69) is 5.16 Å². The third-order valence-electron chi connectivity index (χ3n) is 4.06. The van der Waals surface area contributed by atoms with E-state index in [1.54, 1.807) is 18.2 Å². The molecule has 2 aromatic rings. The number of aryl methyl sites for hydroxylation is 1. The molecule has 1 aliphatic rings. The Bertz CT molecular complexity index is 995. The molecule has 2 aromatic carbocycles. The van der Waals surface area contributed by atoms with Gasteiger partial charge in [0, 0.05) is 0 Å². The van der Waals surface area contributed by atoms with Crippen molar-refractivity contribution >= 4 is 33.5 Å². The Morgan fingerprint density at radius 2 is 1.85 bits per heavy atom. The SMILES string of the molecule is C/C=C\c1ccc2c(c1C)/C(=N/OS(=O)(=O)c1ccc(C)cc1)C(Cl)O2. The van der Waals surface area contributed by atoms with Gasteiger partial charge in [0.1, 0.15) is 16.4 Å². The van der Waals surface area contributed by atoms with Gasteiger partial charge in [-0.1, -0.05) is 52.7 Å². The van der Waals surface area contributed by atoms with Gasteiger partial charge < -0.3 is 4.74 Å². The maximum Gasteiger partial charge on any atom is 0.358 e. The maximum atomic E-state index is 12.3. The minimum Gasteiger partial charge on any atom is -0.468 e. The van der Waals surface area contributed by atoms with Crippen molar-refractivity contribution in [3.05, 3.63) is 64.7 Å². The lowest BCUT2D eigenvalue weighted by molar-refractivity contribution is 0.325. The van der Waals surface area contributed by atoms with E-state index in [1.807, 2.05) is 39.0 Å². The van der Waals surface area contributed by atoms with E-state index in [-0.39, 0.29) is 10.6 Å². The molecule has 26 heavy (non-hydrogen) atoms. The second-order valence-electron chi connectivity index (χ2n) is 5.91.